The molecule has 142 valence electrons. The molecule has 0 amide bonds. The number of rotatable bonds is 5. The Morgan fingerprint density at radius 2 is 1.89 bits per heavy atom. The Kier molecular flexibility index (Phi) is 5.23. The fourth-order valence-electron chi connectivity index (χ4n) is 2.98. The predicted molar refractivity (Wildman–Crippen MR) is 93.9 cm³/mol. The topological polar surface area (TPSA) is 90.0 Å². The number of benzene rings is 1. The summed E-state index contributed by atoms with van der Waals surface area (Å²) in [6, 6.07) is 2.50. The molecule has 1 unspecified atom stereocenters. The van der Waals surface area contributed by atoms with Crippen LogP contribution in [0.15, 0.2) is 12.1 Å². The van der Waals surface area contributed by atoms with E-state index in [1.807, 2.05) is 4.90 Å². The second-order valence-corrected chi connectivity index (χ2v) is 6.98. The van der Waals surface area contributed by atoms with Crippen LogP contribution in [-0.2, 0) is 23.7 Å². The molecule has 0 N–H and O–H groups in total. The van der Waals surface area contributed by atoms with E-state index in [1.165, 1.54) is 6.07 Å². The van der Waals surface area contributed by atoms with Gasteiger partial charge in [-0.25, -0.2) is 4.39 Å². The molecule has 1 aromatic carbocycles. The first-order valence-corrected chi connectivity index (χ1v) is 8.75. The van der Waals surface area contributed by atoms with Gasteiger partial charge in [0.25, 0.3) is 5.97 Å². The van der Waals surface area contributed by atoms with E-state index >= 15 is 0 Å². The molecule has 7 nitrogen and oxygen atoms in total. The number of hydrogen-bond donors (Lipinski definition) is 0. The molecule has 0 radical (unpaired) electrons. The molecule has 1 aliphatic carbocycles. The minimum atomic E-state index is -1.72. The number of halogens is 2. The molecular formula is C17H16BClFNO6. The molecule has 1 saturated carbocycles. The Morgan fingerprint density at radius 1 is 1.22 bits per heavy atom. The predicted octanol–water partition coefficient (Wildman–Crippen LogP) is 1.98. The summed E-state index contributed by atoms with van der Waals surface area (Å²) in [5, 5.41) is -0.111. The zero-order valence-electron chi connectivity index (χ0n) is 14.7. The largest absolute Gasteiger partial charge is 0.674 e. The van der Waals surface area contributed by atoms with Crippen molar-refractivity contribution in [3.05, 3.63) is 28.5 Å². The third kappa shape index (κ3) is 3.97. The Balaban J connectivity index is 1.88. The highest BCUT2D eigenvalue weighted by molar-refractivity contribution is 6.82. The maximum absolute atomic E-state index is 13.9. The monoisotopic (exact) mass is 395 g/mol. The Morgan fingerprint density at radius 3 is 2.44 bits per heavy atom. The summed E-state index contributed by atoms with van der Waals surface area (Å²) < 4.78 is 23.5. The number of fused-ring (bicyclic) bond motifs is 1. The molecule has 0 saturated heterocycles. The zero-order valence-corrected chi connectivity index (χ0v) is 15.4. The number of carbonyl (C=O) groups excluding carboxylic acids is 4. The van der Waals surface area contributed by atoms with Crippen LogP contribution < -0.4 is 4.90 Å². The van der Waals surface area contributed by atoms with E-state index in [9.17, 15) is 23.6 Å². The minimum absolute atomic E-state index is 0.0159. The first kappa shape index (κ1) is 19.3. The van der Waals surface area contributed by atoms with Gasteiger partial charge >= 0.3 is 13.1 Å². The molecule has 2 aliphatic rings. The van der Waals surface area contributed by atoms with Crippen LogP contribution in [0, 0.1) is 11.7 Å². The van der Waals surface area contributed by atoms with E-state index in [0.29, 0.717) is 5.69 Å². The lowest BCUT2D eigenvalue weighted by atomic mass is 9.83. The molecule has 1 aliphatic heterocycles. The highest BCUT2D eigenvalue weighted by Gasteiger charge is 2.45. The van der Waals surface area contributed by atoms with Gasteiger partial charge in [0, 0.05) is 30.8 Å². The number of Topliss-reactive ketones (excluding diaryl/α,β-unsaturated/α-hetero) is 1. The summed E-state index contributed by atoms with van der Waals surface area (Å²) in [5.41, 5.74) is -0.191. The standard InChI is InChI=1S/C17H16BClFNO6/c1-8(22)18(26-9(2)23)27-17(25)12-7-21(10-3-4-10)15-6-13(19)14(20)5-11(15)16(12)24/h5-6,10,12H,3-4,7H2,1-2H3. The van der Waals surface area contributed by atoms with Crippen molar-refractivity contribution in [2.24, 2.45) is 5.92 Å². The van der Waals surface area contributed by atoms with Crippen molar-refractivity contribution in [3.63, 3.8) is 0 Å². The number of carbonyl (C=O) groups is 4. The average molecular weight is 396 g/mol. The fraction of sp³-hybridized carbons (Fsp3) is 0.412. The molecule has 1 aromatic rings. The lowest BCUT2D eigenvalue weighted by Crippen LogP contribution is -2.47. The zero-order chi connectivity index (χ0) is 19.9. The van der Waals surface area contributed by atoms with Gasteiger partial charge in [0.2, 0.25) is 0 Å². The molecule has 1 atom stereocenters. The van der Waals surface area contributed by atoms with Gasteiger partial charge in [0.15, 0.2) is 11.5 Å². The number of anilines is 1. The lowest BCUT2D eigenvalue weighted by Gasteiger charge is -2.34. The highest BCUT2D eigenvalue weighted by atomic mass is 35.5. The summed E-state index contributed by atoms with van der Waals surface area (Å²) in [4.78, 5) is 49.7. The van der Waals surface area contributed by atoms with Crippen molar-refractivity contribution in [1.29, 1.82) is 0 Å². The maximum Gasteiger partial charge on any atom is 0.674 e. The van der Waals surface area contributed by atoms with Crippen molar-refractivity contribution >= 4 is 47.8 Å². The van der Waals surface area contributed by atoms with Gasteiger partial charge in [0.1, 0.15) is 11.7 Å². The van der Waals surface area contributed by atoms with Crippen molar-refractivity contribution < 1.29 is 32.9 Å². The van der Waals surface area contributed by atoms with E-state index in [0.717, 1.165) is 32.8 Å². The molecular weight excluding hydrogens is 379 g/mol. The summed E-state index contributed by atoms with van der Waals surface area (Å²) in [6.45, 7) is 2.17. The molecule has 0 bridgehead atoms. The molecule has 0 spiro atoms. The van der Waals surface area contributed by atoms with Crippen molar-refractivity contribution in [3.8, 4) is 0 Å². The van der Waals surface area contributed by atoms with Gasteiger partial charge < -0.3 is 19.0 Å². The summed E-state index contributed by atoms with van der Waals surface area (Å²) in [5.74, 6) is -4.48. The van der Waals surface area contributed by atoms with Crippen LogP contribution in [-0.4, -0.2) is 43.1 Å². The second-order valence-electron chi connectivity index (χ2n) is 6.57. The lowest BCUT2D eigenvalue weighted by molar-refractivity contribution is -0.143. The van der Waals surface area contributed by atoms with E-state index in [1.54, 1.807) is 0 Å². The molecule has 10 heteroatoms. The summed E-state index contributed by atoms with van der Waals surface area (Å²) in [7, 11) is -1.72. The number of ketones is 1. The SMILES string of the molecule is CC(=O)OB(OC(=O)C1CN(C2CC2)c2cc(Cl)c(F)cc2C1=O)C(C)=O. The molecule has 0 aromatic heterocycles. The van der Waals surface area contributed by atoms with Gasteiger partial charge in [-0.2, -0.15) is 0 Å². The Bertz CT molecular complexity index is 843. The van der Waals surface area contributed by atoms with Crippen LogP contribution in [0.25, 0.3) is 0 Å². The average Bonchev–Trinajstić information content (AvgIpc) is 3.40. The maximum atomic E-state index is 13.9. The molecule has 1 fully saturated rings. The quantitative estimate of drug-likeness (QED) is 0.556. The van der Waals surface area contributed by atoms with E-state index in [-0.39, 0.29) is 23.2 Å². The first-order chi connectivity index (χ1) is 12.7. The van der Waals surface area contributed by atoms with E-state index in [2.05, 4.69) is 4.65 Å². The van der Waals surface area contributed by atoms with Crippen molar-refractivity contribution in [1.82, 2.24) is 0 Å². The number of nitrogens with zero attached hydrogens (tertiary/aromatic N) is 1. The second kappa shape index (κ2) is 7.30. The van der Waals surface area contributed by atoms with Gasteiger partial charge in [-0.05, 0) is 31.9 Å². The minimum Gasteiger partial charge on any atom is -0.494 e. The van der Waals surface area contributed by atoms with Gasteiger partial charge in [-0.3, -0.25) is 14.4 Å². The molecule has 1 heterocycles. The fourth-order valence-corrected chi connectivity index (χ4v) is 3.14. The highest BCUT2D eigenvalue weighted by Crippen LogP contribution is 2.40. The van der Waals surface area contributed by atoms with Crippen LogP contribution in [0.5, 0.6) is 0 Å². The molecule has 3 rings (SSSR count). The van der Waals surface area contributed by atoms with Crippen LogP contribution in [0.2, 0.25) is 5.02 Å². The Hall–Kier alpha value is -2.42. The van der Waals surface area contributed by atoms with Gasteiger partial charge in [0.05, 0.1) is 5.02 Å². The number of hydrogen-bond acceptors (Lipinski definition) is 7. The van der Waals surface area contributed by atoms with Crippen LogP contribution in [0.4, 0.5) is 10.1 Å². The molecule has 27 heavy (non-hydrogen) atoms. The third-order valence-corrected chi connectivity index (χ3v) is 4.70. The van der Waals surface area contributed by atoms with Gasteiger partial charge in [-0.1, -0.05) is 11.6 Å². The Labute approximate surface area is 159 Å². The summed E-state index contributed by atoms with van der Waals surface area (Å²) >= 11 is 5.84. The van der Waals surface area contributed by atoms with Crippen molar-refractivity contribution in [2.45, 2.75) is 32.7 Å². The third-order valence-electron chi connectivity index (χ3n) is 4.41. The van der Waals surface area contributed by atoms with E-state index < -0.39 is 42.3 Å². The van der Waals surface area contributed by atoms with Gasteiger partial charge in [-0.15, -0.1) is 0 Å². The van der Waals surface area contributed by atoms with Crippen LogP contribution in [0.1, 0.15) is 37.0 Å². The van der Waals surface area contributed by atoms with E-state index in [4.69, 9.17) is 16.3 Å². The summed E-state index contributed by atoms with van der Waals surface area (Å²) in [6.07, 6.45) is 1.74. The van der Waals surface area contributed by atoms with Crippen molar-refractivity contribution in [2.75, 3.05) is 11.4 Å². The normalized spacial score (nSPS) is 18.6. The first-order valence-electron chi connectivity index (χ1n) is 8.37. The van der Waals surface area contributed by atoms with Crippen LogP contribution in [0.3, 0.4) is 0 Å². The van der Waals surface area contributed by atoms with Crippen LogP contribution >= 0.6 is 11.6 Å². The smallest absolute Gasteiger partial charge is 0.494 e.